The summed E-state index contributed by atoms with van der Waals surface area (Å²) < 4.78 is 10.8. The van der Waals surface area contributed by atoms with Crippen LogP contribution in [0.1, 0.15) is 53.6 Å². The number of nitrogens with two attached hydrogens (primary N) is 2. The number of hydrogen-bond donors (Lipinski definition) is 4. The molecule has 0 aliphatic carbocycles. The van der Waals surface area contributed by atoms with Crippen molar-refractivity contribution >= 4 is 18.3 Å². The standard InChI is InChI=1S/C33H42N6O4/c1-24(9-8-17-36-33(34)35)38-28(20-37-32(41)27-14-15-30-31(19-27)43-23-42-30)16-18-39(22-40)21-29(25-10-4-2-5-11-25)26-12-6-3-7-13-26/h2-7,10-15,19,22,24,28-29,38H,8-9,16-18,20-21,23H2,1H3,(H,37,41)(H4,34,35,36). The highest BCUT2D eigenvalue weighted by atomic mass is 16.7. The van der Waals surface area contributed by atoms with E-state index >= 15 is 0 Å². The van der Waals surface area contributed by atoms with E-state index in [1.807, 2.05) is 41.3 Å². The first-order chi connectivity index (χ1) is 20.9. The third-order valence-corrected chi connectivity index (χ3v) is 7.49. The van der Waals surface area contributed by atoms with E-state index in [2.05, 4.69) is 46.8 Å². The summed E-state index contributed by atoms with van der Waals surface area (Å²) in [7, 11) is 0. The number of rotatable bonds is 17. The van der Waals surface area contributed by atoms with Crippen LogP contribution in [0.5, 0.6) is 11.5 Å². The fourth-order valence-corrected chi connectivity index (χ4v) is 5.21. The van der Waals surface area contributed by atoms with Gasteiger partial charge in [-0.3, -0.25) is 14.6 Å². The number of nitrogens with zero attached hydrogens (tertiary/aromatic N) is 2. The summed E-state index contributed by atoms with van der Waals surface area (Å²) in [5.74, 6) is 1.11. The van der Waals surface area contributed by atoms with E-state index in [0.717, 1.165) is 30.4 Å². The van der Waals surface area contributed by atoms with Crippen LogP contribution in [-0.4, -0.2) is 68.2 Å². The van der Waals surface area contributed by atoms with E-state index < -0.39 is 0 Å². The molecule has 4 rings (SSSR count). The molecule has 0 bridgehead atoms. The lowest BCUT2D eigenvalue weighted by molar-refractivity contribution is -0.118. The van der Waals surface area contributed by atoms with Crippen molar-refractivity contribution in [1.29, 1.82) is 0 Å². The lowest BCUT2D eigenvalue weighted by atomic mass is 9.91. The molecule has 2 amide bonds. The van der Waals surface area contributed by atoms with Crippen LogP contribution in [-0.2, 0) is 4.79 Å². The summed E-state index contributed by atoms with van der Waals surface area (Å²) in [6.45, 7) is 4.26. The SMILES string of the molecule is CC(CCCN=C(N)N)NC(CCN(C=O)CC(c1ccccc1)c1ccccc1)CNC(=O)c1ccc2c(c1)OCO2. The number of amides is 2. The van der Waals surface area contributed by atoms with Crippen LogP contribution in [0.15, 0.2) is 83.9 Å². The molecule has 0 fully saturated rings. The second-order valence-corrected chi connectivity index (χ2v) is 10.8. The van der Waals surface area contributed by atoms with Gasteiger partial charge >= 0.3 is 0 Å². The highest BCUT2D eigenvalue weighted by molar-refractivity contribution is 5.95. The predicted octanol–water partition coefficient (Wildman–Crippen LogP) is 3.23. The van der Waals surface area contributed by atoms with Crippen LogP contribution in [0, 0.1) is 0 Å². The number of nitrogens with one attached hydrogen (secondary N) is 2. The quantitative estimate of drug-likeness (QED) is 0.0823. The van der Waals surface area contributed by atoms with Crippen molar-refractivity contribution in [3.8, 4) is 11.5 Å². The summed E-state index contributed by atoms with van der Waals surface area (Å²) in [6, 6.07) is 25.7. The summed E-state index contributed by atoms with van der Waals surface area (Å²) in [5.41, 5.74) is 13.7. The van der Waals surface area contributed by atoms with Gasteiger partial charge in [0.1, 0.15) is 0 Å². The Balaban J connectivity index is 1.40. The lowest BCUT2D eigenvalue weighted by Gasteiger charge is -2.29. The smallest absolute Gasteiger partial charge is 0.251 e. The van der Waals surface area contributed by atoms with Gasteiger partial charge < -0.3 is 36.5 Å². The van der Waals surface area contributed by atoms with Crippen molar-refractivity contribution in [1.82, 2.24) is 15.5 Å². The van der Waals surface area contributed by atoms with E-state index in [-0.39, 0.29) is 36.7 Å². The molecule has 0 saturated carbocycles. The zero-order valence-corrected chi connectivity index (χ0v) is 24.7. The summed E-state index contributed by atoms with van der Waals surface area (Å²) in [6.07, 6.45) is 3.23. The van der Waals surface area contributed by atoms with Crippen LogP contribution in [0.2, 0.25) is 0 Å². The normalized spacial score (nSPS) is 13.3. The van der Waals surface area contributed by atoms with Crippen LogP contribution in [0.25, 0.3) is 0 Å². The number of carbonyl (C=O) groups is 2. The Hall–Kier alpha value is -4.57. The van der Waals surface area contributed by atoms with Crippen molar-refractivity contribution in [3.63, 3.8) is 0 Å². The van der Waals surface area contributed by atoms with Crippen molar-refractivity contribution in [2.45, 2.75) is 44.2 Å². The molecular weight excluding hydrogens is 544 g/mol. The van der Waals surface area contributed by atoms with Gasteiger partial charge in [-0.1, -0.05) is 60.7 Å². The largest absolute Gasteiger partial charge is 0.454 e. The average Bonchev–Trinajstić information content (AvgIpc) is 3.51. The first-order valence-electron chi connectivity index (χ1n) is 14.7. The molecule has 3 aromatic rings. The molecule has 1 aliphatic heterocycles. The van der Waals surface area contributed by atoms with E-state index in [1.165, 1.54) is 0 Å². The monoisotopic (exact) mass is 586 g/mol. The summed E-state index contributed by atoms with van der Waals surface area (Å²) in [5, 5.41) is 6.69. The molecule has 1 heterocycles. The molecule has 2 unspecified atom stereocenters. The molecule has 0 saturated heterocycles. The number of aliphatic imine (C=N–C) groups is 1. The van der Waals surface area contributed by atoms with Gasteiger partial charge in [0.2, 0.25) is 13.2 Å². The predicted molar refractivity (Wildman–Crippen MR) is 168 cm³/mol. The zero-order valence-electron chi connectivity index (χ0n) is 24.7. The number of benzene rings is 3. The molecule has 0 spiro atoms. The molecule has 0 radical (unpaired) electrons. The number of hydrogen-bond acceptors (Lipinski definition) is 6. The van der Waals surface area contributed by atoms with Gasteiger partial charge in [-0.15, -0.1) is 0 Å². The topological polar surface area (TPSA) is 144 Å². The first-order valence-corrected chi connectivity index (χ1v) is 14.7. The minimum atomic E-state index is -0.203. The molecule has 10 nitrogen and oxygen atoms in total. The molecule has 43 heavy (non-hydrogen) atoms. The number of carbonyl (C=O) groups excluding carboxylic acids is 2. The molecule has 228 valence electrons. The van der Waals surface area contributed by atoms with Gasteiger partial charge in [-0.2, -0.15) is 0 Å². The minimum absolute atomic E-state index is 0.0409. The zero-order chi connectivity index (χ0) is 30.4. The van der Waals surface area contributed by atoms with Crippen LogP contribution >= 0.6 is 0 Å². The van der Waals surface area contributed by atoms with Gasteiger partial charge in [0.15, 0.2) is 17.5 Å². The Morgan fingerprint density at radius 2 is 1.65 bits per heavy atom. The van der Waals surface area contributed by atoms with Gasteiger partial charge in [0.25, 0.3) is 5.91 Å². The highest BCUT2D eigenvalue weighted by Gasteiger charge is 2.21. The molecule has 3 aromatic carbocycles. The van der Waals surface area contributed by atoms with Crippen molar-refractivity contribution < 1.29 is 19.1 Å². The van der Waals surface area contributed by atoms with E-state index in [4.69, 9.17) is 20.9 Å². The van der Waals surface area contributed by atoms with Crippen LogP contribution in [0.3, 0.4) is 0 Å². The summed E-state index contributed by atoms with van der Waals surface area (Å²) >= 11 is 0. The van der Waals surface area contributed by atoms with Gasteiger partial charge in [-0.25, -0.2) is 0 Å². The van der Waals surface area contributed by atoms with Crippen molar-refractivity contribution in [3.05, 3.63) is 95.6 Å². The maximum absolute atomic E-state index is 13.0. The molecular formula is C33H42N6O4. The van der Waals surface area contributed by atoms with E-state index in [9.17, 15) is 9.59 Å². The summed E-state index contributed by atoms with van der Waals surface area (Å²) in [4.78, 5) is 31.2. The maximum atomic E-state index is 13.0. The second-order valence-electron chi connectivity index (χ2n) is 10.8. The van der Waals surface area contributed by atoms with Crippen molar-refractivity contribution in [2.75, 3.05) is 33.0 Å². The third kappa shape index (κ3) is 9.75. The Morgan fingerprint density at radius 1 is 0.977 bits per heavy atom. The molecule has 10 heteroatoms. The van der Waals surface area contributed by atoms with Gasteiger partial charge in [0.05, 0.1) is 0 Å². The number of ether oxygens (including phenoxy) is 2. The number of guanidine groups is 1. The minimum Gasteiger partial charge on any atom is -0.454 e. The average molecular weight is 587 g/mol. The van der Waals surface area contributed by atoms with Crippen molar-refractivity contribution in [2.24, 2.45) is 16.5 Å². The Morgan fingerprint density at radius 3 is 2.30 bits per heavy atom. The first kappa shape index (κ1) is 31.4. The fourth-order valence-electron chi connectivity index (χ4n) is 5.21. The fraction of sp³-hybridized carbons (Fsp3) is 0.364. The highest BCUT2D eigenvalue weighted by Crippen LogP contribution is 2.32. The molecule has 6 N–H and O–H groups in total. The van der Waals surface area contributed by atoms with Gasteiger partial charge in [0, 0.05) is 49.7 Å². The Bertz CT molecular complexity index is 1290. The van der Waals surface area contributed by atoms with Gasteiger partial charge in [-0.05, 0) is 55.5 Å². The molecule has 0 aromatic heterocycles. The molecule has 2 atom stereocenters. The Labute approximate surface area is 253 Å². The van der Waals surface area contributed by atoms with E-state index in [1.54, 1.807) is 18.2 Å². The Kier molecular flexibility index (Phi) is 11.8. The number of fused-ring (bicyclic) bond motifs is 1. The third-order valence-electron chi connectivity index (χ3n) is 7.49. The molecule has 1 aliphatic rings. The maximum Gasteiger partial charge on any atom is 0.251 e. The van der Waals surface area contributed by atoms with Crippen LogP contribution in [0.4, 0.5) is 0 Å². The second kappa shape index (κ2) is 16.2. The van der Waals surface area contributed by atoms with Crippen LogP contribution < -0.4 is 31.6 Å². The lowest BCUT2D eigenvalue weighted by Crippen LogP contribution is -2.46. The van der Waals surface area contributed by atoms with E-state index in [0.29, 0.717) is 49.7 Å².